The highest BCUT2D eigenvalue weighted by Gasteiger charge is 2.22. The molecular formula is C27H28N4O3S. The molecule has 1 aliphatic carbocycles. The predicted molar refractivity (Wildman–Crippen MR) is 142 cm³/mol. The van der Waals surface area contributed by atoms with Crippen LogP contribution in [0.15, 0.2) is 73.1 Å². The predicted octanol–water partition coefficient (Wildman–Crippen LogP) is 5.32. The van der Waals surface area contributed by atoms with E-state index < -0.39 is 6.10 Å². The fraction of sp³-hybridized carbons (Fsp3) is 0.259. The number of aliphatic hydroxyl groups is 1. The van der Waals surface area contributed by atoms with E-state index in [2.05, 4.69) is 39.7 Å². The highest BCUT2D eigenvalue weighted by Crippen LogP contribution is 2.33. The molecule has 4 aromatic rings. The Morgan fingerprint density at radius 2 is 1.97 bits per heavy atom. The standard InChI is InChI=1S/C27H28N4O3S/c1-17-8-6-4-5-7-9-22(32)26(17)30-27-29-19-11-10-18(12-25(19)35-27)15-31-16-28-20-13-23(33-2)24(34-3)14-21(20)31/h4-6,8,10-14,16,22,26,32H,1,7,9,15H2,2-3H3,(H,29,30)/b5-4-,8-6-/t22-,26+/m0/s1. The van der Waals surface area contributed by atoms with Crippen molar-refractivity contribution in [1.82, 2.24) is 14.5 Å². The van der Waals surface area contributed by atoms with Crippen LogP contribution in [0.5, 0.6) is 11.5 Å². The number of hydrogen-bond acceptors (Lipinski definition) is 7. The minimum atomic E-state index is -0.539. The lowest BCUT2D eigenvalue weighted by Crippen LogP contribution is -2.34. The number of methoxy groups -OCH3 is 2. The largest absolute Gasteiger partial charge is 0.493 e. The number of hydrogen-bond donors (Lipinski definition) is 2. The quantitative estimate of drug-likeness (QED) is 0.383. The summed E-state index contributed by atoms with van der Waals surface area (Å²) in [6, 6.07) is 9.83. The molecule has 0 spiro atoms. The lowest BCUT2D eigenvalue weighted by Gasteiger charge is -2.24. The minimum absolute atomic E-state index is 0.282. The van der Waals surface area contributed by atoms with Crippen molar-refractivity contribution in [2.45, 2.75) is 31.5 Å². The molecule has 0 saturated carbocycles. The lowest BCUT2D eigenvalue weighted by atomic mass is 10.00. The number of fused-ring (bicyclic) bond motifs is 2. The number of thiazole rings is 1. The van der Waals surface area contributed by atoms with Crippen LogP contribution in [0, 0.1) is 0 Å². The Morgan fingerprint density at radius 3 is 2.80 bits per heavy atom. The summed E-state index contributed by atoms with van der Waals surface area (Å²) in [4.78, 5) is 9.28. The molecule has 0 bridgehead atoms. The van der Waals surface area contributed by atoms with Crippen molar-refractivity contribution in [1.29, 1.82) is 0 Å². The van der Waals surface area contributed by atoms with E-state index in [4.69, 9.17) is 14.5 Å². The molecule has 8 heteroatoms. The summed E-state index contributed by atoms with van der Waals surface area (Å²) >= 11 is 1.58. The fourth-order valence-electron chi connectivity index (χ4n) is 4.30. The van der Waals surface area contributed by atoms with Gasteiger partial charge < -0.3 is 24.5 Å². The van der Waals surface area contributed by atoms with Gasteiger partial charge in [-0.05, 0) is 36.1 Å². The topological polar surface area (TPSA) is 81.4 Å². The van der Waals surface area contributed by atoms with Crippen LogP contribution in [0.1, 0.15) is 18.4 Å². The number of benzene rings is 2. The molecule has 2 atom stereocenters. The summed E-state index contributed by atoms with van der Waals surface area (Å²) in [6.07, 6.45) is 10.7. The first-order valence-electron chi connectivity index (χ1n) is 11.5. The summed E-state index contributed by atoms with van der Waals surface area (Å²) in [5.41, 5.74) is 4.73. The molecule has 5 rings (SSSR count). The van der Waals surface area contributed by atoms with Crippen molar-refractivity contribution in [2.75, 3.05) is 19.5 Å². The first kappa shape index (κ1) is 23.1. The average Bonchev–Trinajstić information content (AvgIpc) is 3.46. The van der Waals surface area contributed by atoms with Gasteiger partial charge in [-0.1, -0.05) is 48.3 Å². The summed E-state index contributed by atoms with van der Waals surface area (Å²) in [5.74, 6) is 1.34. The third-order valence-corrected chi connectivity index (χ3v) is 7.13. The van der Waals surface area contributed by atoms with Gasteiger partial charge in [-0.3, -0.25) is 0 Å². The van der Waals surface area contributed by atoms with Crippen molar-refractivity contribution in [2.24, 2.45) is 0 Å². The first-order valence-corrected chi connectivity index (χ1v) is 12.3. The highest BCUT2D eigenvalue weighted by molar-refractivity contribution is 7.22. The third-order valence-electron chi connectivity index (χ3n) is 6.18. The van der Waals surface area contributed by atoms with Crippen LogP contribution in [-0.2, 0) is 6.54 Å². The van der Waals surface area contributed by atoms with Crippen LogP contribution in [0.4, 0.5) is 5.13 Å². The summed E-state index contributed by atoms with van der Waals surface area (Å²) in [7, 11) is 3.25. The van der Waals surface area contributed by atoms with Gasteiger partial charge in [-0.2, -0.15) is 0 Å². The van der Waals surface area contributed by atoms with E-state index in [1.54, 1.807) is 25.6 Å². The van der Waals surface area contributed by atoms with Crippen LogP contribution >= 0.6 is 11.3 Å². The summed E-state index contributed by atoms with van der Waals surface area (Å²) in [6.45, 7) is 4.82. The third kappa shape index (κ3) is 4.80. The fourth-order valence-corrected chi connectivity index (χ4v) is 5.26. The normalized spacial score (nSPS) is 20.3. The molecule has 0 unspecified atom stereocenters. The molecule has 7 nitrogen and oxygen atoms in total. The van der Waals surface area contributed by atoms with Gasteiger partial charge in [-0.15, -0.1) is 0 Å². The maximum Gasteiger partial charge on any atom is 0.184 e. The van der Waals surface area contributed by atoms with E-state index in [0.29, 0.717) is 24.5 Å². The molecule has 0 aliphatic heterocycles. The molecule has 35 heavy (non-hydrogen) atoms. The monoisotopic (exact) mass is 488 g/mol. The zero-order valence-corrected chi connectivity index (χ0v) is 20.6. The van der Waals surface area contributed by atoms with E-state index in [-0.39, 0.29) is 6.04 Å². The van der Waals surface area contributed by atoms with E-state index in [9.17, 15) is 5.11 Å². The van der Waals surface area contributed by atoms with Gasteiger partial charge in [0.2, 0.25) is 0 Å². The minimum Gasteiger partial charge on any atom is -0.493 e. The average molecular weight is 489 g/mol. The van der Waals surface area contributed by atoms with E-state index in [0.717, 1.165) is 43.9 Å². The second-order valence-corrected chi connectivity index (χ2v) is 9.55. The van der Waals surface area contributed by atoms with Crippen LogP contribution in [0.3, 0.4) is 0 Å². The molecule has 180 valence electrons. The van der Waals surface area contributed by atoms with Crippen LogP contribution in [0.2, 0.25) is 0 Å². The van der Waals surface area contributed by atoms with Gasteiger partial charge in [0, 0.05) is 18.7 Å². The van der Waals surface area contributed by atoms with Gasteiger partial charge in [0.15, 0.2) is 16.6 Å². The second kappa shape index (κ2) is 9.93. The van der Waals surface area contributed by atoms with Gasteiger partial charge >= 0.3 is 0 Å². The number of allylic oxidation sites excluding steroid dienone is 3. The Balaban J connectivity index is 1.39. The van der Waals surface area contributed by atoms with Gasteiger partial charge in [0.05, 0.1) is 53.9 Å². The van der Waals surface area contributed by atoms with Crippen LogP contribution < -0.4 is 14.8 Å². The molecule has 2 N–H and O–H groups in total. The smallest absolute Gasteiger partial charge is 0.184 e. The van der Waals surface area contributed by atoms with Crippen molar-refractivity contribution in [3.63, 3.8) is 0 Å². The maximum atomic E-state index is 10.7. The number of imidazole rings is 1. The number of aromatic nitrogens is 3. The molecule has 2 heterocycles. The number of ether oxygens (including phenoxy) is 2. The Morgan fingerprint density at radius 1 is 1.14 bits per heavy atom. The van der Waals surface area contributed by atoms with Crippen molar-refractivity contribution < 1.29 is 14.6 Å². The Hall–Kier alpha value is -3.62. The van der Waals surface area contributed by atoms with Crippen molar-refractivity contribution in [3.8, 4) is 11.5 Å². The number of anilines is 1. The zero-order chi connectivity index (χ0) is 24.4. The first-order chi connectivity index (χ1) is 17.1. The SMILES string of the molecule is C=C1/C=C\C=C/CC[C@H](O)[C@@H]1Nc1nc2ccc(Cn3cnc4cc(OC)c(OC)cc43)cc2s1. The molecule has 0 saturated heterocycles. The molecule has 0 amide bonds. The Kier molecular flexibility index (Phi) is 6.57. The summed E-state index contributed by atoms with van der Waals surface area (Å²) in [5, 5.41) is 14.9. The molecular weight excluding hydrogens is 460 g/mol. The molecule has 0 radical (unpaired) electrons. The summed E-state index contributed by atoms with van der Waals surface area (Å²) < 4.78 is 14.0. The van der Waals surface area contributed by atoms with E-state index >= 15 is 0 Å². The van der Waals surface area contributed by atoms with Gasteiger partial charge in [-0.25, -0.2) is 9.97 Å². The van der Waals surface area contributed by atoms with E-state index in [1.807, 2.05) is 42.8 Å². The Bertz CT molecular complexity index is 1440. The molecule has 2 aromatic carbocycles. The van der Waals surface area contributed by atoms with E-state index in [1.165, 1.54) is 0 Å². The number of aliphatic hydroxyl groups excluding tert-OH is 1. The van der Waals surface area contributed by atoms with Gasteiger partial charge in [0.1, 0.15) is 0 Å². The lowest BCUT2D eigenvalue weighted by molar-refractivity contribution is 0.156. The molecule has 0 fully saturated rings. The highest BCUT2D eigenvalue weighted by atomic mass is 32.1. The maximum absolute atomic E-state index is 10.7. The molecule has 2 aromatic heterocycles. The Labute approximate surface area is 208 Å². The second-order valence-electron chi connectivity index (χ2n) is 8.52. The number of nitrogens with zero attached hydrogens (tertiary/aromatic N) is 3. The zero-order valence-electron chi connectivity index (χ0n) is 19.8. The van der Waals surface area contributed by atoms with Crippen LogP contribution in [-0.4, -0.2) is 46.0 Å². The molecule has 1 aliphatic rings. The van der Waals surface area contributed by atoms with Crippen LogP contribution in [0.25, 0.3) is 21.3 Å². The van der Waals surface area contributed by atoms with Gasteiger partial charge in [0.25, 0.3) is 0 Å². The van der Waals surface area contributed by atoms with Crippen molar-refractivity contribution in [3.05, 3.63) is 78.7 Å². The number of nitrogens with one attached hydrogen (secondary N) is 1. The number of rotatable bonds is 6. The van der Waals surface area contributed by atoms with Crippen molar-refractivity contribution >= 4 is 37.7 Å².